The summed E-state index contributed by atoms with van der Waals surface area (Å²) in [6.07, 6.45) is 3.92. The number of likely N-dealkylation sites (tertiary alicyclic amines) is 1. The Morgan fingerprint density at radius 3 is 2.62 bits per heavy atom. The van der Waals surface area contributed by atoms with Gasteiger partial charge in [0.1, 0.15) is 0 Å². The van der Waals surface area contributed by atoms with Crippen molar-refractivity contribution in [3.05, 3.63) is 59.1 Å². The summed E-state index contributed by atoms with van der Waals surface area (Å²) in [5.74, 6) is 0.763. The second-order valence-corrected chi connectivity index (χ2v) is 8.00. The van der Waals surface area contributed by atoms with Crippen molar-refractivity contribution in [2.75, 3.05) is 13.1 Å². The second-order valence-electron chi connectivity index (χ2n) is 7.56. The molecule has 2 fully saturated rings. The van der Waals surface area contributed by atoms with Crippen molar-refractivity contribution in [1.82, 2.24) is 4.90 Å². The molecule has 3 atom stereocenters. The number of nitrogens with zero attached hydrogens (tertiary/aromatic N) is 1. The number of halogens is 1. The van der Waals surface area contributed by atoms with E-state index in [1.165, 1.54) is 11.1 Å². The SMILES string of the molecule is NC1CCCN(C(=O)C2CC2c2ccccc2-c2ccc(Cl)cc2)CC1. The van der Waals surface area contributed by atoms with Gasteiger partial charge in [-0.25, -0.2) is 0 Å². The van der Waals surface area contributed by atoms with E-state index >= 15 is 0 Å². The fourth-order valence-electron chi connectivity index (χ4n) is 4.10. The first-order valence-electron chi connectivity index (χ1n) is 9.52. The molecule has 0 radical (unpaired) electrons. The quantitative estimate of drug-likeness (QED) is 0.869. The number of rotatable bonds is 3. The van der Waals surface area contributed by atoms with Crippen LogP contribution >= 0.6 is 11.6 Å². The van der Waals surface area contributed by atoms with Gasteiger partial charge in [-0.1, -0.05) is 48.0 Å². The Labute approximate surface area is 160 Å². The average Bonchev–Trinajstić information content (AvgIpc) is 3.47. The fourth-order valence-corrected chi connectivity index (χ4v) is 4.23. The smallest absolute Gasteiger partial charge is 0.226 e. The maximum Gasteiger partial charge on any atom is 0.226 e. The van der Waals surface area contributed by atoms with Crippen molar-refractivity contribution in [2.45, 2.75) is 37.6 Å². The molecule has 1 heterocycles. The van der Waals surface area contributed by atoms with Gasteiger partial charge in [-0.2, -0.15) is 0 Å². The maximum absolute atomic E-state index is 13.0. The molecular weight excluding hydrogens is 344 g/mol. The lowest BCUT2D eigenvalue weighted by Crippen LogP contribution is -2.34. The summed E-state index contributed by atoms with van der Waals surface area (Å²) in [4.78, 5) is 15.0. The topological polar surface area (TPSA) is 46.3 Å². The highest BCUT2D eigenvalue weighted by Crippen LogP contribution is 2.51. The summed E-state index contributed by atoms with van der Waals surface area (Å²) >= 11 is 6.03. The fraction of sp³-hybridized carbons (Fsp3) is 0.409. The van der Waals surface area contributed by atoms with Gasteiger partial charge >= 0.3 is 0 Å². The van der Waals surface area contributed by atoms with Crippen molar-refractivity contribution in [2.24, 2.45) is 11.7 Å². The number of benzene rings is 2. The maximum atomic E-state index is 13.0. The van der Waals surface area contributed by atoms with Crippen LogP contribution in [0.3, 0.4) is 0 Å². The molecule has 1 aliphatic carbocycles. The predicted molar refractivity (Wildman–Crippen MR) is 106 cm³/mol. The van der Waals surface area contributed by atoms with E-state index < -0.39 is 0 Å². The third kappa shape index (κ3) is 3.65. The van der Waals surface area contributed by atoms with Crippen LogP contribution in [0.4, 0.5) is 0 Å². The van der Waals surface area contributed by atoms with Gasteiger partial charge < -0.3 is 10.6 Å². The molecule has 1 saturated carbocycles. The van der Waals surface area contributed by atoms with Crippen LogP contribution in [0, 0.1) is 5.92 Å². The second kappa shape index (κ2) is 7.42. The van der Waals surface area contributed by atoms with Gasteiger partial charge in [0, 0.05) is 30.1 Å². The molecule has 3 unspecified atom stereocenters. The third-order valence-corrected chi connectivity index (χ3v) is 5.96. The summed E-state index contributed by atoms with van der Waals surface area (Å²) in [7, 11) is 0. The molecule has 0 spiro atoms. The first kappa shape index (κ1) is 17.6. The number of carbonyl (C=O) groups is 1. The Balaban J connectivity index is 1.51. The lowest BCUT2D eigenvalue weighted by molar-refractivity contribution is -0.132. The van der Waals surface area contributed by atoms with E-state index in [2.05, 4.69) is 36.4 Å². The van der Waals surface area contributed by atoms with Crippen molar-refractivity contribution >= 4 is 17.5 Å². The first-order valence-corrected chi connectivity index (χ1v) is 9.90. The van der Waals surface area contributed by atoms with Crippen LogP contribution in [0.2, 0.25) is 5.02 Å². The van der Waals surface area contributed by atoms with E-state index in [4.69, 9.17) is 17.3 Å². The Hall–Kier alpha value is -1.84. The molecule has 3 nitrogen and oxygen atoms in total. The molecule has 2 aromatic rings. The van der Waals surface area contributed by atoms with Gasteiger partial charge in [-0.15, -0.1) is 0 Å². The Bertz CT molecular complexity index is 789. The van der Waals surface area contributed by atoms with Gasteiger partial charge in [0.15, 0.2) is 0 Å². The summed E-state index contributed by atoms with van der Waals surface area (Å²) < 4.78 is 0. The van der Waals surface area contributed by atoms with Gasteiger partial charge in [-0.05, 0) is 60.4 Å². The van der Waals surface area contributed by atoms with Crippen molar-refractivity contribution in [3.63, 3.8) is 0 Å². The van der Waals surface area contributed by atoms with Crippen molar-refractivity contribution < 1.29 is 4.79 Å². The molecule has 2 aliphatic rings. The summed E-state index contributed by atoms with van der Waals surface area (Å²) in [6.45, 7) is 1.66. The van der Waals surface area contributed by atoms with E-state index in [1.54, 1.807) is 0 Å². The zero-order valence-electron chi connectivity index (χ0n) is 14.9. The molecular formula is C22H25ClN2O. The Kier molecular flexibility index (Phi) is 5.01. The highest BCUT2D eigenvalue weighted by molar-refractivity contribution is 6.30. The number of carbonyl (C=O) groups excluding carboxylic acids is 1. The number of hydrogen-bond donors (Lipinski definition) is 1. The summed E-state index contributed by atoms with van der Waals surface area (Å²) in [6, 6.07) is 16.6. The van der Waals surface area contributed by atoms with Gasteiger partial charge in [0.05, 0.1) is 0 Å². The normalized spacial score (nSPS) is 25.6. The van der Waals surface area contributed by atoms with E-state index in [0.29, 0.717) is 11.8 Å². The molecule has 26 heavy (non-hydrogen) atoms. The number of amides is 1. The van der Waals surface area contributed by atoms with Gasteiger partial charge in [0.25, 0.3) is 0 Å². The summed E-state index contributed by atoms with van der Waals surface area (Å²) in [5, 5.41) is 0.741. The molecule has 4 heteroatoms. The van der Waals surface area contributed by atoms with Crippen molar-refractivity contribution in [1.29, 1.82) is 0 Å². The minimum atomic E-state index is 0.123. The molecule has 2 aromatic carbocycles. The van der Waals surface area contributed by atoms with E-state index in [0.717, 1.165) is 49.4 Å². The van der Waals surface area contributed by atoms with Gasteiger partial charge in [0.2, 0.25) is 5.91 Å². The molecule has 1 aliphatic heterocycles. The zero-order chi connectivity index (χ0) is 18.1. The minimum absolute atomic E-state index is 0.123. The van der Waals surface area contributed by atoms with Crippen LogP contribution in [0.1, 0.15) is 37.2 Å². The lowest BCUT2D eigenvalue weighted by Gasteiger charge is -2.21. The monoisotopic (exact) mass is 368 g/mol. The van der Waals surface area contributed by atoms with Crippen LogP contribution < -0.4 is 5.73 Å². The Morgan fingerprint density at radius 2 is 1.81 bits per heavy atom. The number of hydrogen-bond acceptors (Lipinski definition) is 2. The highest BCUT2D eigenvalue weighted by atomic mass is 35.5. The Morgan fingerprint density at radius 1 is 1.04 bits per heavy atom. The molecule has 1 saturated heterocycles. The molecule has 0 bridgehead atoms. The van der Waals surface area contributed by atoms with Gasteiger partial charge in [-0.3, -0.25) is 4.79 Å². The van der Waals surface area contributed by atoms with Crippen LogP contribution in [0.25, 0.3) is 11.1 Å². The number of nitrogens with two attached hydrogens (primary N) is 1. The standard InChI is InChI=1S/C22H25ClN2O/c23-16-9-7-15(8-10-16)18-5-1-2-6-19(18)20-14-21(20)22(26)25-12-3-4-17(24)11-13-25/h1-2,5-10,17,20-21H,3-4,11-14,24H2. The minimum Gasteiger partial charge on any atom is -0.342 e. The third-order valence-electron chi connectivity index (χ3n) is 5.71. The highest BCUT2D eigenvalue weighted by Gasteiger charge is 2.46. The first-order chi connectivity index (χ1) is 12.6. The molecule has 1 amide bonds. The van der Waals surface area contributed by atoms with Crippen LogP contribution in [0.5, 0.6) is 0 Å². The molecule has 4 rings (SSSR count). The van der Waals surface area contributed by atoms with E-state index in [1.807, 2.05) is 17.0 Å². The molecule has 136 valence electrons. The lowest BCUT2D eigenvalue weighted by atomic mass is 9.96. The van der Waals surface area contributed by atoms with Crippen LogP contribution in [-0.2, 0) is 4.79 Å². The van der Waals surface area contributed by atoms with Crippen molar-refractivity contribution in [3.8, 4) is 11.1 Å². The predicted octanol–water partition coefficient (Wildman–Crippen LogP) is 4.45. The zero-order valence-corrected chi connectivity index (χ0v) is 15.7. The molecule has 2 N–H and O–H groups in total. The average molecular weight is 369 g/mol. The van der Waals surface area contributed by atoms with E-state index in [9.17, 15) is 4.79 Å². The largest absolute Gasteiger partial charge is 0.342 e. The van der Waals surface area contributed by atoms with Crippen LogP contribution in [0.15, 0.2) is 48.5 Å². The molecule has 0 aromatic heterocycles. The summed E-state index contributed by atoms with van der Waals surface area (Å²) in [5.41, 5.74) is 9.70. The van der Waals surface area contributed by atoms with Crippen LogP contribution in [-0.4, -0.2) is 29.9 Å². The van der Waals surface area contributed by atoms with E-state index in [-0.39, 0.29) is 12.0 Å².